The molecule has 2 N–H and O–H groups in total. The zero-order chi connectivity index (χ0) is 17.4. The molecule has 0 atom stereocenters. The van der Waals surface area contributed by atoms with Crippen LogP contribution < -0.4 is 10.6 Å². The van der Waals surface area contributed by atoms with Crippen molar-refractivity contribution in [3.63, 3.8) is 0 Å². The lowest BCUT2D eigenvalue weighted by atomic mass is 10.2. The van der Waals surface area contributed by atoms with Crippen molar-refractivity contribution in [2.24, 2.45) is 5.92 Å². The van der Waals surface area contributed by atoms with Gasteiger partial charge in [0, 0.05) is 11.6 Å². The van der Waals surface area contributed by atoms with Gasteiger partial charge < -0.3 is 15.4 Å². The Bertz CT molecular complexity index is 591. The molecule has 1 aromatic rings. The van der Waals surface area contributed by atoms with E-state index in [1.807, 2.05) is 13.8 Å². The van der Waals surface area contributed by atoms with Crippen LogP contribution in [0.2, 0.25) is 10.0 Å². The minimum absolute atomic E-state index is 0.177. The summed E-state index contributed by atoms with van der Waals surface area (Å²) >= 11 is 11.6. The summed E-state index contributed by atoms with van der Waals surface area (Å²) in [7, 11) is 0. The lowest BCUT2D eigenvalue weighted by molar-refractivity contribution is -0.147. The van der Waals surface area contributed by atoms with E-state index in [-0.39, 0.29) is 29.6 Å². The monoisotopic (exact) mass is 360 g/mol. The first-order valence-electron chi connectivity index (χ1n) is 6.95. The van der Waals surface area contributed by atoms with Gasteiger partial charge >= 0.3 is 5.97 Å². The van der Waals surface area contributed by atoms with Gasteiger partial charge in [-0.2, -0.15) is 0 Å². The molecule has 0 bridgehead atoms. The fourth-order valence-corrected chi connectivity index (χ4v) is 1.98. The molecule has 126 valence electrons. The number of esters is 1. The molecule has 0 unspecified atom stereocenters. The molecular formula is C15H18Cl2N2O4. The number of benzene rings is 1. The normalized spacial score (nSPS) is 10.3. The van der Waals surface area contributed by atoms with Crippen LogP contribution in [0.4, 0.5) is 0 Å². The molecule has 0 aliphatic heterocycles. The second-order valence-corrected chi connectivity index (χ2v) is 6.01. The molecule has 23 heavy (non-hydrogen) atoms. The predicted octanol–water partition coefficient (Wildman–Crippen LogP) is 2.04. The summed E-state index contributed by atoms with van der Waals surface area (Å²) in [4.78, 5) is 34.7. The van der Waals surface area contributed by atoms with Crippen LogP contribution in [0.3, 0.4) is 0 Å². The van der Waals surface area contributed by atoms with Gasteiger partial charge in [0.2, 0.25) is 0 Å². The van der Waals surface area contributed by atoms with Gasteiger partial charge in [-0.05, 0) is 24.1 Å². The number of hydrogen-bond acceptors (Lipinski definition) is 4. The van der Waals surface area contributed by atoms with Gasteiger partial charge in [0.25, 0.3) is 11.8 Å². The average molecular weight is 361 g/mol. The Morgan fingerprint density at radius 2 is 1.87 bits per heavy atom. The maximum atomic E-state index is 11.9. The molecule has 2 amide bonds. The van der Waals surface area contributed by atoms with E-state index < -0.39 is 11.9 Å². The van der Waals surface area contributed by atoms with E-state index in [0.717, 1.165) is 0 Å². The van der Waals surface area contributed by atoms with Crippen LogP contribution in [0.25, 0.3) is 0 Å². The van der Waals surface area contributed by atoms with Crippen LogP contribution in [-0.4, -0.2) is 37.5 Å². The van der Waals surface area contributed by atoms with E-state index in [1.165, 1.54) is 18.2 Å². The number of rotatable bonds is 7. The first kappa shape index (κ1) is 19.3. The van der Waals surface area contributed by atoms with Crippen LogP contribution in [0.5, 0.6) is 0 Å². The molecular weight excluding hydrogens is 343 g/mol. The lowest BCUT2D eigenvalue weighted by Crippen LogP contribution is -2.35. The average Bonchev–Trinajstić information content (AvgIpc) is 2.48. The van der Waals surface area contributed by atoms with Crippen LogP contribution in [0.1, 0.15) is 24.2 Å². The highest BCUT2D eigenvalue weighted by molar-refractivity contribution is 6.36. The molecule has 1 aromatic carbocycles. The van der Waals surface area contributed by atoms with Gasteiger partial charge in [0.05, 0.1) is 10.6 Å². The molecule has 0 radical (unpaired) electrons. The molecule has 0 spiro atoms. The summed E-state index contributed by atoms with van der Waals surface area (Å²) in [5.74, 6) is -1.34. The summed E-state index contributed by atoms with van der Waals surface area (Å²) in [5, 5.41) is 5.55. The standard InChI is InChI=1S/C15H18Cl2N2O4/c1-9(2)6-18-13(20)8-23-14(21)7-19-15(22)11-4-3-10(16)5-12(11)17/h3-5,9H,6-8H2,1-2H3,(H,18,20)(H,19,22). The lowest BCUT2D eigenvalue weighted by Gasteiger charge is -2.09. The number of amides is 2. The number of ether oxygens (including phenoxy) is 1. The molecule has 0 heterocycles. The molecule has 0 fully saturated rings. The Kier molecular flexibility index (Phi) is 7.85. The topological polar surface area (TPSA) is 84.5 Å². The fourth-order valence-electron chi connectivity index (χ4n) is 1.49. The van der Waals surface area contributed by atoms with Crippen molar-refractivity contribution < 1.29 is 19.1 Å². The van der Waals surface area contributed by atoms with Crippen LogP contribution in [-0.2, 0) is 14.3 Å². The van der Waals surface area contributed by atoms with Crippen molar-refractivity contribution in [3.8, 4) is 0 Å². The Morgan fingerprint density at radius 3 is 2.48 bits per heavy atom. The zero-order valence-corrected chi connectivity index (χ0v) is 14.3. The second-order valence-electron chi connectivity index (χ2n) is 5.17. The van der Waals surface area contributed by atoms with E-state index >= 15 is 0 Å². The van der Waals surface area contributed by atoms with Crippen LogP contribution in [0, 0.1) is 5.92 Å². The highest BCUT2D eigenvalue weighted by Gasteiger charge is 2.13. The summed E-state index contributed by atoms with van der Waals surface area (Å²) in [6.07, 6.45) is 0. The number of carbonyl (C=O) groups excluding carboxylic acids is 3. The minimum atomic E-state index is -0.719. The van der Waals surface area contributed by atoms with Crippen LogP contribution >= 0.6 is 23.2 Å². The zero-order valence-electron chi connectivity index (χ0n) is 12.8. The van der Waals surface area contributed by atoms with Gasteiger partial charge in [0.1, 0.15) is 6.54 Å². The van der Waals surface area contributed by atoms with Crippen LogP contribution in [0.15, 0.2) is 18.2 Å². The molecule has 0 aromatic heterocycles. The molecule has 0 saturated carbocycles. The van der Waals surface area contributed by atoms with Gasteiger partial charge in [-0.25, -0.2) is 0 Å². The minimum Gasteiger partial charge on any atom is -0.454 e. The van der Waals surface area contributed by atoms with Gasteiger partial charge in [-0.15, -0.1) is 0 Å². The number of halogens is 2. The van der Waals surface area contributed by atoms with E-state index in [0.29, 0.717) is 17.5 Å². The van der Waals surface area contributed by atoms with E-state index in [2.05, 4.69) is 10.6 Å². The third-order valence-electron chi connectivity index (χ3n) is 2.64. The highest BCUT2D eigenvalue weighted by Crippen LogP contribution is 2.20. The largest absolute Gasteiger partial charge is 0.454 e. The number of nitrogens with one attached hydrogen (secondary N) is 2. The quantitative estimate of drug-likeness (QED) is 0.728. The summed E-state index contributed by atoms with van der Waals surface area (Å²) < 4.78 is 4.75. The van der Waals surface area contributed by atoms with E-state index in [4.69, 9.17) is 27.9 Å². The molecule has 1 rings (SSSR count). The van der Waals surface area contributed by atoms with Gasteiger partial charge in [0.15, 0.2) is 6.61 Å². The van der Waals surface area contributed by atoms with Crippen molar-refractivity contribution in [2.75, 3.05) is 19.7 Å². The molecule has 0 saturated heterocycles. The highest BCUT2D eigenvalue weighted by atomic mass is 35.5. The summed E-state index contributed by atoms with van der Waals surface area (Å²) in [5.41, 5.74) is 0.193. The van der Waals surface area contributed by atoms with Gasteiger partial charge in [-0.1, -0.05) is 37.0 Å². The second kappa shape index (κ2) is 9.37. The Balaban J connectivity index is 2.35. The Morgan fingerprint density at radius 1 is 1.17 bits per heavy atom. The maximum Gasteiger partial charge on any atom is 0.325 e. The molecule has 8 heteroatoms. The molecule has 0 aliphatic carbocycles. The Labute approximate surface area is 144 Å². The SMILES string of the molecule is CC(C)CNC(=O)COC(=O)CNC(=O)c1ccc(Cl)cc1Cl. The maximum absolute atomic E-state index is 11.9. The van der Waals surface area contributed by atoms with E-state index in [1.54, 1.807) is 0 Å². The number of hydrogen-bond donors (Lipinski definition) is 2. The van der Waals surface area contributed by atoms with Crippen molar-refractivity contribution in [3.05, 3.63) is 33.8 Å². The van der Waals surface area contributed by atoms with Crippen molar-refractivity contribution in [2.45, 2.75) is 13.8 Å². The molecule has 0 aliphatic rings. The van der Waals surface area contributed by atoms with Crippen molar-refractivity contribution >= 4 is 41.0 Å². The summed E-state index contributed by atoms with van der Waals surface area (Å²) in [6, 6.07) is 4.39. The molecule has 6 nitrogen and oxygen atoms in total. The van der Waals surface area contributed by atoms with Crippen molar-refractivity contribution in [1.29, 1.82) is 0 Å². The fraction of sp³-hybridized carbons (Fsp3) is 0.400. The summed E-state index contributed by atoms with van der Waals surface area (Å²) in [6.45, 7) is 3.65. The predicted molar refractivity (Wildman–Crippen MR) is 87.6 cm³/mol. The van der Waals surface area contributed by atoms with Crippen molar-refractivity contribution in [1.82, 2.24) is 10.6 Å². The Hall–Kier alpha value is -1.79. The van der Waals surface area contributed by atoms with E-state index in [9.17, 15) is 14.4 Å². The first-order chi connectivity index (χ1) is 10.8. The number of carbonyl (C=O) groups is 3. The third kappa shape index (κ3) is 7.34. The van der Waals surface area contributed by atoms with Gasteiger partial charge in [-0.3, -0.25) is 14.4 Å². The third-order valence-corrected chi connectivity index (χ3v) is 3.19. The first-order valence-corrected chi connectivity index (χ1v) is 7.70. The smallest absolute Gasteiger partial charge is 0.325 e.